The van der Waals surface area contributed by atoms with Gasteiger partial charge in [0.15, 0.2) is 11.5 Å². The molecule has 0 aliphatic carbocycles. The fraction of sp³-hybridized carbons (Fsp3) is 0.200. The molecule has 0 bridgehead atoms. The van der Waals surface area contributed by atoms with E-state index in [4.69, 9.17) is 14.2 Å². The maximum Gasteiger partial charge on any atom is 0.271 e. The largest absolute Gasteiger partial charge is 0.497 e. The van der Waals surface area contributed by atoms with E-state index < -0.39 is 0 Å². The molecule has 0 aliphatic heterocycles. The lowest BCUT2D eigenvalue weighted by atomic mass is 10.2. The van der Waals surface area contributed by atoms with Gasteiger partial charge in [-0.05, 0) is 42.8 Å². The Morgan fingerprint density at radius 2 is 2.04 bits per heavy atom. The normalized spacial score (nSPS) is 10.4. The van der Waals surface area contributed by atoms with Crippen molar-refractivity contribution in [3.8, 4) is 17.2 Å². The Bertz CT molecular complexity index is 787. The van der Waals surface area contributed by atoms with Crippen LogP contribution in [0, 0.1) is 0 Å². The van der Waals surface area contributed by atoms with Crippen LogP contribution in [-0.4, -0.2) is 32.4 Å². The Balaban J connectivity index is 2.07. The zero-order valence-corrected chi connectivity index (χ0v) is 14.9. The van der Waals surface area contributed by atoms with E-state index in [9.17, 15) is 4.79 Å². The molecular formula is C20H22N2O4. The smallest absolute Gasteiger partial charge is 0.271 e. The molecule has 0 unspecified atom stereocenters. The minimum atomic E-state index is -0.347. The van der Waals surface area contributed by atoms with E-state index in [1.54, 1.807) is 37.6 Å². The van der Waals surface area contributed by atoms with Crippen molar-refractivity contribution in [2.75, 3.05) is 20.3 Å². The molecule has 2 aromatic rings. The summed E-state index contributed by atoms with van der Waals surface area (Å²) in [6.07, 6.45) is 3.19. The van der Waals surface area contributed by atoms with E-state index in [0.717, 1.165) is 11.3 Å². The first-order chi connectivity index (χ1) is 12.7. The summed E-state index contributed by atoms with van der Waals surface area (Å²) in [6.45, 7) is 6.30. The molecule has 0 fully saturated rings. The van der Waals surface area contributed by atoms with Crippen LogP contribution in [0.25, 0.3) is 0 Å². The number of hydrazone groups is 1. The number of nitrogens with zero attached hydrogens (tertiary/aromatic N) is 1. The first-order valence-electron chi connectivity index (χ1n) is 8.16. The van der Waals surface area contributed by atoms with E-state index >= 15 is 0 Å². The Morgan fingerprint density at radius 3 is 2.77 bits per heavy atom. The van der Waals surface area contributed by atoms with Gasteiger partial charge >= 0.3 is 0 Å². The lowest BCUT2D eigenvalue weighted by molar-refractivity contribution is 0.0954. The van der Waals surface area contributed by atoms with Crippen LogP contribution >= 0.6 is 0 Å². The quantitative estimate of drug-likeness (QED) is 0.426. The number of methoxy groups -OCH3 is 1. The first kappa shape index (κ1) is 19.1. The SMILES string of the molecule is C=CCOc1ccc(C(=O)N/N=C/c2cccc(OC)c2)cc1OCC. The second-order valence-corrected chi connectivity index (χ2v) is 5.17. The van der Waals surface area contributed by atoms with Gasteiger partial charge in [0.05, 0.1) is 19.9 Å². The molecule has 0 heterocycles. The van der Waals surface area contributed by atoms with E-state index in [-0.39, 0.29) is 5.91 Å². The van der Waals surface area contributed by atoms with Gasteiger partial charge in [-0.25, -0.2) is 5.43 Å². The summed E-state index contributed by atoms with van der Waals surface area (Å²) < 4.78 is 16.2. The molecular weight excluding hydrogens is 332 g/mol. The average molecular weight is 354 g/mol. The fourth-order valence-electron chi connectivity index (χ4n) is 2.14. The van der Waals surface area contributed by atoms with Gasteiger partial charge in [-0.15, -0.1) is 0 Å². The number of benzene rings is 2. The van der Waals surface area contributed by atoms with Gasteiger partial charge in [-0.3, -0.25) is 4.79 Å². The molecule has 0 aromatic heterocycles. The molecule has 0 aliphatic rings. The molecule has 136 valence electrons. The molecule has 0 spiro atoms. The van der Waals surface area contributed by atoms with Crippen molar-refractivity contribution in [1.29, 1.82) is 0 Å². The van der Waals surface area contributed by atoms with Gasteiger partial charge < -0.3 is 14.2 Å². The number of nitrogens with one attached hydrogen (secondary N) is 1. The van der Waals surface area contributed by atoms with E-state index in [0.29, 0.717) is 30.3 Å². The Morgan fingerprint density at radius 1 is 1.19 bits per heavy atom. The monoisotopic (exact) mass is 354 g/mol. The molecule has 0 saturated carbocycles. The summed E-state index contributed by atoms with van der Waals surface area (Å²) in [5.41, 5.74) is 3.73. The molecule has 6 heteroatoms. The number of ether oxygens (including phenoxy) is 3. The van der Waals surface area contributed by atoms with Gasteiger partial charge in [0, 0.05) is 5.56 Å². The zero-order chi connectivity index (χ0) is 18.8. The third-order valence-corrected chi connectivity index (χ3v) is 3.34. The third kappa shape index (κ3) is 5.37. The zero-order valence-electron chi connectivity index (χ0n) is 14.9. The van der Waals surface area contributed by atoms with Crippen molar-refractivity contribution in [1.82, 2.24) is 5.43 Å². The van der Waals surface area contributed by atoms with Crippen LogP contribution in [0.2, 0.25) is 0 Å². The first-order valence-corrected chi connectivity index (χ1v) is 8.16. The molecule has 6 nitrogen and oxygen atoms in total. The van der Waals surface area contributed by atoms with Crippen LogP contribution in [0.5, 0.6) is 17.2 Å². The van der Waals surface area contributed by atoms with Gasteiger partial charge in [-0.2, -0.15) is 5.10 Å². The van der Waals surface area contributed by atoms with Crippen LogP contribution in [0.3, 0.4) is 0 Å². The molecule has 26 heavy (non-hydrogen) atoms. The Hall–Kier alpha value is -3.28. The Kier molecular flexibility index (Phi) is 7.24. The van der Waals surface area contributed by atoms with Crippen molar-refractivity contribution in [3.63, 3.8) is 0 Å². The number of rotatable bonds is 9. The highest BCUT2D eigenvalue weighted by Crippen LogP contribution is 2.28. The molecule has 0 atom stereocenters. The van der Waals surface area contributed by atoms with E-state index in [2.05, 4.69) is 17.1 Å². The average Bonchev–Trinajstić information content (AvgIpc) is 2.67. The standard InChI is InChI=1S/C20H22N2O4/c1-4-11-26-18-10-9-16(13-19(18)25-5-2)20(23)22-21-14-15-7-6-8-17(12-15)24-3/h4,6-10,12-14H,1,5,11H2,2-3H3,(H,22,23)/b21-14+. The summed E-state index contributed by atoms with van der Waals surface area (Å²) in [6, 6.07) is 12.3. The summed E-state index contributed by atoms with van der Waals surface area (Å²) in [5, 5.41) is 3.98. The Labute approximate surface area is 153 Å². The summed E-state index contributed by atoms with van der Waals surface area (Å²) in [7, 11) is 1.59. The lowest BCUT2D eigenvalue weighted by Gasteiger charge is -2.12. The van der Waals surface area contributed by atoms with Gasteiger partial charge in [0.1, 0.15) is 12.4 Å². The number of carbonyl (C=O) groups excluding carboxylic acids is 1. The van der Waals surface area contributed by atoms with Crippen molar-refractivity contribution < 1.29 is 19.0 Å². The van der Waals surface area contributed by atoms with Crippen molar-refractivity contribution >= 4 is 12.1 Å². The summed E-state index contributed by atoms with van der Waals surface area (Å²) in [5.74, 6) is 1.43. The van der Waals surface area contributed by atoms with Crippen molar-refractivity contribution in [3.05, 3.63) is 66.2 Å². The molecule has 2 rings (SSSR count). The third-order valence-electron chi connectivity index (χ3n) is 3.34. The summed E-state index contributed by atoms with van der Waals surface area (Å²) in [4.78, 5) is 12.3. The molecule has 1 amide bonds. The number of hydrogen-bond donors (Lipinski definition) is 1. The lowest BCUT2D eigenvalue weighted by Crippen LogP contribution is -2.17. The fourth-order valence-corrected chi connectivity index (χ4v) is 2.14. The van der Waals surface area contributed by atoms with Crippen molar-refractivity contribution in [2.24, 2.45) is 5.10 Å². The van der Waals surface area contributed by atoms with Crippen molar-refractivity contribution in [2.45, 2.75) is 6.92 Å². The van der Waals surface area contributed by atoms with Gasteiger partial charge in [-0.1, -0.05) is 24.8 Å². The maximum atomic E-state index is 12.3. The molecule has 1 N–H and O–H groups in total. The highest BCUT2D eigenvalue weighted by Gasteiger charge is 2.11. The van der Waals surface area contributed by atoms with E-state index in [1.807, 2.05) is 31.2 Å². The van der Waals surface area contributed by atoms with E-state index in [1.165, 1.54) is 0 Å². The maximum absolute atomic E-state index is 12.3. The molecule has 0 saturated heterocycles. The highest BCUT2D eigenvalue weighted by atomic mass is 16.5. The van der Waals surface area contributed by atoms with Crippen LogP contribution < -0.4 is 19.6 Å². The van der Waals surface area contributed by atoms with Crippen LogP contribution in [0.4, 0.5) is 0 Å². The topological polar surface area (TPSA) is 69.2 Å². The van der Waals surface area contributed by atoms with Crippen LogP contribution in [-0.2, 0) is 0 Å². The minimum Gasteiger partial charge on any atom is -0.497 e. The molecule has 0 radical (unpaired) electrons. The number of amides is 1. The van der Waals surface area contributed by atoms with Gasteiger partial charge in [0.2, 0.25) is 0 Å². The predicted octanol–water partition coefficient (Wildman–Crippen LogP) is 3.42. The minimum absolute atomic E-state index is 0.347. The highest BCUT2D eigenvalue weighted by molar-refractivity contribution is 5.95. The van der Waals surface area contributed by atoms with Gasteiger partial charge in [0.25, 0.3) is 5.91 Å². The van der Waals surface area contributed by atoms with Crippen LogP contribution in [0.1, 0.15) is 22.8 Å². The predicted molar refractivity (Wildman–Crippen MR) is 101 cm³/mol. The van der Waals surface area contributed by atoms with Crippen LogP contribution in [0.15, 0.2) is 60.2 Å². The molecule has 2 aromatic carbocycles. The summed E-state index contributed by atoms with van der Waals surface area (Å²) >= 11 is 0. The second kappa shape index (κ2) is 9.88. The second-order valence-electron chi connectivity index (χ2n) is 5.17. The number of carbonyl (C=O) groups is 1. The number of hydrogen-bond acceptors (Lipinski definition) is 5.